The number of aliphatic hydroxyl groups excluding tert-OH is 1. The van der Waals surface area contributed by atoms with Gasteiger partial charge in [0.15, 0.2) is 11.5 Å². The predicted molar refractivity (Wildman–Crippen MR) is 77.4 cm³/mol. The summed E-state index contributed by atoms with van der Waals surface area (Å²) in [5.41, 5.74) is 0.0395. The first-order valence-electron chi connectivity index (χ1n) is 6.67. The van der Waals surface area contributed by atoms with E-state index >= 15 is 0 Å². The Bertz CT molecular complexity index is 457. The molecule has 5 nitrogen and oxygen atoms in total. The first kappa shape index (κ1) is 16.3. The van der Waals surface area contributed by atoms with Crippen LogP contribution in [0.25, 0.3) is 0 Å². The summed E-state index contributed by atoms with van der Waals surface area (Å²) in [5, 5.41) is 11.9. The Morgan fingerprint density at radius 1 is 1.35 bits per heavy atom. The fourth-order valence-corrected chi connectivity index (χ4v) is 1.81. The third-order valence-electron chi connectivity index (χ3n) is 2.91. The summed E-state index contributed by atoms with van der Waals surface area (Å²) >= 11 is 0. The minimum absolute atomic E-state index is 0.0279. The molecule has 0 aromatic heterocycles. The van der Waals surface area contributed by atoms with Crippen LogP contribution in [0.15, 0.2) is 18.2 Å². The number of aliphatic hydroxyl groups is 1. The molecule has 0 saturated carbocycles. The fourth-order valence-electron chi connectivity index (χ4n) is 1.81. The third kappa shape index (κ3) is 4.42. The molecule has 2 N–H and O–H groups in total. The maximum atomic E-state index is 12.2. The molecule has 1 aromatic rings. The van der Waals surface area contributed by atoms with Gasteiger partial charge in [-0.15, -0.1) is 0 Å². The molecule has 1 aromatic carbocycles. The number of carbonyl (C=O) groups is 1. The maximum Gasteiger partial charge on any atom is 0.251 e. The molecule has 0 bridgehead atoms. The molecule has 0 radical (unpaired) electrons. The molecule has 0 aliphatic carbocycles. The van der Waals surface area contributed by atoms with Crippen LogP contribution in [0.3, 0.4) is 0 Å². The van der Waals surface area contributed by atoms with Gasteiger partial charge in [-0.25, -0.2) is 0 Å². The summed E-state index contributed by atoms with van der Waals surface area (Å²) in [7, 11) is 1.56. The van der Waals surface area contributed by atoms with Crippen LogP contribution >= 0.6 is 0 Å². The highest BCUT2D eigenvalue weighted by atomic mass is 16.5. The minimum Gasteiger partial charge on any atom is -0.493 e. The Balaban J connectivity index is 2.90. The summed E-state index contributed by atoms with van der Waals surface area (Å²) in [6.45, 7) is 6.14. The van der Waals surface area contributed by atoms with Gasteiger partial charge in [0, 0.05) is 17.7 Å². The summed E-state index contributed by atoms with van der Waals surface area (Å²) < 4.78 is 10.6. The van der Waals surface area contributed by atoms with E-state index in [1.165, 1.54) is 0 Å². The van der Waals surface area contributed by atoms with Crippen molar-refractivity contribution in [3.05, 3.63) is 23.8 Å². The molecule has 5 heteroatoms. The van der Waals surface area contributed by atoms with Crippen molar-refractivity contribution in [2.45, 2.75) is 32.7 Å². The van der Waals surface area contributed by atoms with Gasteiger partial charge >= 0.3 is 0 Å². The normalized spacial score (nSPS) is 11.1. The zero-order chi connectivity index (χ0) is 15.2. The lowest BCUT2D eigenvalue weighted by Crippen LogP contribution is -2.44. The van der Waals surface area contributed by atoms with E-state index in [2.05, 4.69) is 5.32 Å². The standard InChI is InChI=1S/C15H23NO4/c1-5-20-13-10-11(6-7-12(13)19-4)14(18)16-15(2,3)8-9-17/h6-7,10,17H,5,8-9H2,1-4H3,(H,16,18). The Morgan fingerprint density at radius 3 is 2.60 bits per heavy atom. The molecule has 0 spiro atoms. The molecular weight excluding hydrogens is 258 g/mol. The van der Waals surface area contributed by atoms with Crippen molar-refractivity contribution in [3.63, 3.8) is 0 Å². The molecule has 20 heavy (non-hydrogen) atoms. The number of nitrogens with one attached hydrogen (secondary N) is 1. The van der Waals surface area contributed by atoms with Crippen molar-refractivity contribution in [1.29, 1.82) is 0 Å². The fraction of sp³-hybridized carbons (Fsp3) is 0.533. The largest absolute Gasteiger partial charge is 0.493 e. The predicted octanol–water partition coefficient (Wildman–Crippen LogP) is 1.98. The Morgan fingerprint density at radius 2 is 2.05 bits per heavy atom. The van der Waals surface area contributed by atoms with Crippen molar-refractivity contribution >= 4 is 5.91 Å². The molecule has 112 valence electrons. The van der Waals surface area contributed by atoms with Gasteiger partial charge in [-0.1, -0.05) is 0 Å². The van der Waals surface area contributed by atoms with Crippen LogP contribution in [-0.4, -0.2) is 36.9 Å². The van der Waals surface area contributed by atoms with E-state index in [0.717, 1.165) is 0 Å². The number of carbonyl (C=O) groups excluding carboxylic acids is 1. The second-order valence-corrected chi connectivity index (χ2v) is 5.11. The maximum absolute atomic E-state index is 12.2. The average Bonchev–Trinajstić information content (AvgIpc) is 2.38. The second kappa shape index (κ2) is 7.14. The van der Waals surface area contributed by atoms with Crippen LogP contribution in [0.1, 0.15) is 37.6 Å². The Hall–Kier alpha value is -1.75. The van der Waals surface area contributed by atoms with Gasteiger partial charge in [-0.3, -0.25) is 4.79 Å². The summed E-state index contributed by atoms with van der Waals surface area (Å²) in [6.07, 6.45) is 0.493. The summed E-state index contributed by atoms with van der Waals surface area (Å²) in [5.74, 6) is 0.938. The third-order valence-corrected chi connectivity index (χ3v) is 2.91. The SMILES string of the molecule is CCOc1cc(C(=O)NC(C)(C)CCO)ccc1OC. The lowest BCUT2D eigenvalue weighted by atomic mass is 10.0. The number of amides is 1. The highest BCUT2D eigenvalue weighted by Crippen LogP contribution is 2.28. The number of hydrogen-bond donors (Lipinski definition) is 2. The van der Waals surface area contributed by atoms with Gasteiger partial charge in [0.1, 0.15) is 0 Å². The Kier molecular flexibility index (Phi) is 5.82. The van der Waals surface area contributed by atoms with E-state index in [1.807, 2.05) is 20.8 Å². The van der Waals surface area contributed by atoms with Crippen molar-refractivity contribution in [1.82, 2.24) is 5.32 Å². The quantitative estimate of drug-likeness (QED) is 0.802. The lowest BCUT2D eigenvalue weighted by molar-refractivity contribution is 0.0899. The molecule has 0 heterocycles. The van der Waals surface area contributed by atoms with Crippen LogP contribution in [0.2, 0.25) is 0 Å². The van der Waals surface area contributed by atoms with Crippen molar-refractivity contribution < 1.29 is 19.4 Å². The topological polar surface area (TPSA) is 67.8 Å². The molecule has 0 aliphatic rings. The molecule has 0 fully saturated rings. The van der Waals surface area contributed by atoms with E-state index in [4.69, 9.17) is 14.6 Å². The van der Waals surface area contributed by atoms with E-state index in [0.29, 0.717) is 30.1 Å². The molecule has 1 rings (SSSR count). The Labute approximate surface area is 119 Å². The lowest BCUT2D eigenvalue weighted by Gasteiger charge is -2.25. The highest BCUT2D eigenvalue weighted by Gasteiger charge is 2.21. The molecule has 0 saturated heterocycles. The summed E-state index contributed by atoms with van der Waals surface area (Å²) in [4.78, 5) is 12.2. The van der Waals surface area contributed by atoms with Crippen molar-refractivity contribution in [3.8, 4) is 11.5 Å². The van der Waals surface area contributed by atoms with Crippen molar-refractivity contribution in [2.75, 3.05) is 20.3 Å². The number of ether oxygens (including phenoxy) is 2. The van der Waals surface area contributed by atoms with E-state index in [9.17, 15) is 4.79 Å². The van der Waals surface area contributed by atoms with E-state index in [1.54, 1.807) is 25.3 Å². The monoisotopic (exact) mass is 281 g/mol. The van der Waals surface area contributed by atoms with Gasteiger partial charge < -0.3 is 19.9 Å². The highest BCUT2D eigenvalue weighted by molar-refractivity contribution is 5.95. The van der Waals surface area contributed by atoms with Crippen molar-refractivity contribution in [2.24, 2.45) is 0 Å². The van der Waals surface area contributed by atoms with Crippen LogP contribution in [-0.2, 0) is 0 Å². The minimum atomic E-state index is -0.461. The smallest absolute Gasteiger partial charge is 0.251 e. The molecule has 1 amide bonds. The van der Waals surface area contributed by atoms with Crippen LogP contribution in [0.4, 0.5) is 0 Å². The number of hydrogen-bond acceptors (Lipinski definition) is 4. The van der Waals surface area contributed by atoms with Gasteiger partial charge in [0.25, 0.3) is 5.91 Å². The van der Waals surface area contributed by atoms with Gasteiger partial charge in [0.2, 0.25) is 0 Å². The first-order valence-corrected chi connectivity index (χ1v) is 6.67. The van der Waals surface area contributed by atoms with Crippen LogP contribution in [0.5, 0.6) is 11.5 Å². The molecule has 0 atom stereocenters. The molecular formula is C15H23NO4. The number of benzene rings is 1. The van der Waals surface area contributed by atoms with Gasteiger partial charge in [0.05, 0.1) is 13.7 Å². The van der Waals surface area contributed by atoms with E-state index in [-0.39, 0.29) is 12.5 Å². The van der Waals surface area contributed by atoms with Gasteiger partial charge in [-0.05, 0) is 45.4 Å². The first-order chi connectivity index (χ1) is 9.43. The zero-order valence-corrected chi connectivity index (χ0v) is 12.5. The number of methoxy groups -OCH3 is 1. The van der Waals surface area contributed by atoms with Crippen LogP contribution < -0.4 is 14.8 Å². The van der Waals surface area contributed by atoms with E-state index < -0.39 is 5.54 Å². The molecule has 0 unspecified atom stereocenters. The van der Waals surface area contributed by atoms with Crippen LogP contribution in [0, 0.1) is 0 Å². The summed E-state index contributed by atoms with van der Waals surface area (Å²) in [6, 6.07) is 5.05. The second-order valence-electron chi connectivity index (χ2n) is 5.11. The van der Waals surface area contributed by atoms with Gasteiger partial charge in [-0.2, -0.15) is 0 Å². The average molecular weight is 281 g/mol. The zero-order valence-electron chi connectivity index (χ0n) is 12.5. The molecule has 0 aliphatic heterocycles. The number of rotatable bonds is 7.